The Morgan fingerprint density at radius 3 is 2.58 bits per heavy atom. The van der Waals surface area contributed by atoms with Crippen molar-refractivity contribution < 1.29 is 18.7 Å². The van der Waals surface area contributed by atoms with Crippen molar-refractivity contribution in [2.24, 2.45) is 5.92 Å². The fraction of sp³-hybridized carbons (Fsp3) is 0.280. The van der Waals surface area contributed by atoms with Gasteiger partial charge in [0.25, 0.3) is 0 Å². The van der Waals surface area contributed by atoms with E-state index >= 15 is 0 Å². The topological polar surface area (TPSA) is 74.1 Å². The Morgan fingerprint density at radius 1 is 1.09 bits per heavy atom. The molecule has 8 heteroatoms. The van der Waals surface area contributed by atoms with Gasteiger partial charge in [0.2, 0.25) is 0 Å². The van der Waals surface area contributed by atoms with Gasteiger partial charge >= 0.3 is 191 Å². The van der Waals surface area contributed by atoms with Crippen molar-refractivity contribution in [1.82, 2.24) is 15.0 Å². The number of fused-ring (bicyclic) bond motifs is 2. The Labute approximate surface area is 197 Å². The SMILES string of the molecule is CC1(C)OC2=C(CC1Cn1cc(C[Se]c3ccc(F)cc3)nn1)C(=O)C(=O)c1ccccc12. The van der Waals surface area contributed by atoms with Gasteiger partial charge in [-0.05, 0) is 0 Å². The molecule has 1 aliphatic heterocycles. The first-order chi connectivity index (χ1) is 15.8. The second-order valence-electron chi connectivity index (χ2n) is 8.79. The predicted molar refractivity (Wildman–Crippen MR) is 121 cm³/mol. The Bertz CT molecular complexity index is 1280. The van der Waals surface area contributed by atoms with Crippen molar-refractivity contribution in [3.05, 3.63) is 82.9 Å². The summed E-state index contributed by atoms with van der Waals surface area (Å²) >= 11 is 0.129. The molecule has 0 N–H and O–H groups in total. The number of carbonyl (C=O) groups excluding carboxylic acids is 2. The molecule has 33 heavy (non-hydrogen) atoms. The number of aromatic nitrogens is 3. The number of halogens is 1. The first kappa shape index (κ1) is 21.7. The van der Waals surface area contributed by atoms with Crippen molar-refractivity contribution in [3.63, 3.8) is 0 Å². The molecule has 1 aliphatic carbocycles. The summed E-state index contributed by atoms with van der Waals surface area (Å²) < 4.78 is 22.3. The van der Waals surface area contributed by atoms with Crippen LogP contribution in [-0.2, 0) is 21.4 Å². The second-order valence-corrected chi connectivity index (χ2v) is 11.0. The molecular formula is C25H22FN3O3Se. The van der Waals surface area contributed by atoms with Gasteiger partial charge in [-0.3, -0.25) is 0 Å². The van der Waals surface area contributed by atoms with E-state index in [4.69, 9.17) is 4.74 Å². The second kappa shape index (κ2) is 8.36. The summed E-state index contributed by atoms with van der Waals surface area (Å²) in [6.07, 6.45) is 2.35. The van der Waals surface area contributed by atoms with Crippen LogP contribution in [0.1, 0.15) is 41.9 Å². The van der Waals surface area contributed by atoms with Gasteiger partial charge in [0, 0.05) is 0 Å². The molecule has 2 aliphatic rings. The molecule has 0 saturated heterocycles. The average molecular weight is 510 g/mol. The summed E-state index contributed by atoms with van der Waals surface area (Å²) in [6, 6.07) is 13.6. The number of nitrogens with zero attached hydrogens (tertiary/aromatic N) is 3. The van der Waals surface area contributed by atoms with Crippen LogP contribution >= 0.6 is 0 Å². The third-order valence-electron chi connectivity index (χ3n) is 6.16. The van der Waals surface area contributed by atoms with Gasteiger partial charge in [-0.15, -0.1) is 0 Å². The maximum atomic E-state index is 13.1. The fourth-order valence-electron chi connectivity index (χ4n) is 4.24. The third-order valence-corrected chi connectivity index (χ3v) is 8.36. The van der Waals surface area contributed by atoms with Crippen LogP contribution in [0, 0.1) is 11.7 Å². The van der Waals surface area contributed by atoms with Crippen LogP contribution in [0.5, 0.6) is 0 Å². The number of allylic oxidation sites excluding steroid dienone is 1. The van der Waals surface area contributed by atoms with E-state index in [0.717, 1.165) is 15.5 Å². The van der Waals surface area contributed by atoms with E-state index in [-0.39, 0.29) is 26.7 Å². The Kier molecular flexibility index (Phi) is 5.51. The quantitative estimate of drug-likeness (QED) is 0.390. The van der Waals surface area contributed by atoms with E-state index in [2.05, 4.69) is 10.3 Å². The van der Waals surface area contributed by atoms with Crippen LogP contribution in [0.3, 0.4) is 0 Å². The van der Waals surface area contributed by atoms with E-state index in [1.54, 1.807) is 28.9 Å². The van der Waals surface area contributed by atoms with Crippen LogP contribution in [0.2, 0.25) is 0 Å². The first-order valence-corrected chi connectivity index (χ1v) is 12.8. The van der Waals surface area contributed by atoms with Gasteiger partial charge in [0.1, 0.15) is 0 Å². The zero-order valence-corrected chi connectivity index (χ0v) is 20.0. The number of Topliss-reactive ketones (excluding diaryl/α,β-unsaturated/α-hetero) is 2. The summed E-state index contributed by atoms with van der Waals surface area (Å²) in [4.78, 5) is 25.5. The summed E-state index contributed by atoms with van der Waals surface area (Å²) in [6.45, 7) is 4.52. The zero-order chi connectivity index (χ0) is 23.2. The van der Waals surface area contributed by atoms with Gasteiger partial charge in [-0.25, -0.2) is 0 Å². The number of ketones is 2. The van der Waals surface area contributed by atoms with Crippen molar-refractivity contribution >= 4 is 36.7 Å². The number of carbonyl (C=O) groups is 2. The average Bonchev–Trinajstić information content (AvgIpc) is 3.25. The summed E-state index contributed by atoms with van der Waals surface area (Å²) in [5, 5.41) is 9.30. The van der Waals surface area contributed by atoms with E-state index in [0.29, 0.717) is 35.4 Å². The number of benzene rings is 2. The number of ether oxygens (including phenoxy) is 1. The molecule has 6 nitrogen and oxygen atoms in total. The first-order valence-electron chi connectivity index (χ1n) is 10.7. The molecule has 0 bridgehead atoms. The molecule has 0 fully saturated rings. The molecule has 1 unspecified atom stereocenters. The van der Waals surface area contributed by atoms with Crippen molar-refractivity contribution in [2.45, 2.75) is 37.7 Å². The molecular weight excluding hydrogens is 488 g/mol. The van der Waals surface area contributed by atoms with Crippen LogP contribution < -0.4 is 4.46 Å². The predicted octanol–water partition coefficient (Wildman–Crippen LogP) is 2.94. The minimum atomic E-state index is -0.559. The number of hydrogen-bond donors (Lipinski definition) is 0. The molecule has 0 radical (unpaired) electrons. The van der Waals surface area contributed by atoms with E-state index < -0.39 is 17.2 Å². The summed E-state index contributed by atoms with van der Waals surface area (Å²) in [7, 11) is 0. The van der Waals surface area contributed by atoms with Gasteiger partial charge in [0.05, 0.1) is 0 Å². The number of rotatable bonds is 5. The van der Waals surface area contributed by atoms with E-state index in [1.165, 1.54) is 12.1 Å². The number of hydrogen-bond acceptors (Lipinski definition) is 5. The van der Waals surface area contributed by atoms with Crippen LogP contribution in [0.4, 0.5) is 4.39 Å². The molecule has 0 amide bonds. The molecule has 168 valence electrons. The Hall–Kier alpha value is -3.09. The molecule has 0 spiro atoms. The van der Waals surface area contributed by atoms with Crippen LogP contribution in [0.25, 0.3) is 5.76 Å². The molecule has 1 atom stereocenters. The summed E-state index contributed by atoms with van der Waals surface area (Å²) in [5.41, 5.74) is 1.85. The van der Waals surface area contributed by atoms with E-state index in [9.17, 15) is 14.0 Å². The van der Waals surface area contributed by atoms with Crippen molar-refractivity contribution in [2.75, 3.05) is 0 Å². The normalized spacial score (nSPS) is 19.2. The summed E-state index contributed by atoms with van der Waals surface area (Å²) in [5.74, 6) is -0.728. The van der Waals surface area contributed by atoms with Gasteiger partial charge in [-0.2, -0.15) is 0 Å². The van der Waals surface area contributed by atoms with Crippen LogP contribution in [-0.4, -0.2) is 47.1 Å². The monoisotopic (exact) mass is 511 g/mol. The van der Waals surface area contributed by atoms with Crippen molar-refractivity contribution in [1.29, 1.82) is 0 Å². The third kappa shape index (κ3) is 4.16. The molecule has 3 aromatic rings. The van der Waals surface area contributed by atoms with Gasteiger partial charge in [0.15, 0.2) is 0 Å². The molecule has 2 heterocycles. The molecule has 5 rings (SSSR count). The van der Waals surface area contributed by atoms with E-state index in [1.807, 2.05) is 32.2 Å². The maximum absolute atomic E-state index is 13.1. The molecule has 1 aromatic heterocycles. The van der Waals surface area contributed by atoms with Gasteiger partial charge < -0.3 is 0 Å². The standard InChI is InChI=1S/C25H22FN3O3Se/c1-25(2)15(11-21-23(31)22(30)19-5-3-4-6-20(19)24(21)32-25)12-29-13-17(27-28-29)14-33-18-9-7-16(26)8-10-18/h3-10,13,15H,11-12,14H2,1-2H3. The Morgan fingerprint density at radius 2 is 1.82 bits per heavy atom. The fourth-order valence-corrected chi connectivity index (χ4v) is 5.86. The van der Waals surface area contributed by atoms with Crippen molar-refractivity contribution in [3.8, 4) is 0 Å². The molecule has 0 saturated carbocycles. The Balaban J connectivity index is 1.33. The minimum absolute atomic E-state index is 0.0598. The van der Waals surface area contributed by atoms with Gasteiger partial charge in [-0.1, -0.05) is 6.07 Å². The zero-order valence-electron chi connectivity index (χ0n) is 18.2. The molecule has 2 aromatic carbocycles. The van der Waals surface area contributed by atoms with Crippen LogP contribution in [0.15, 0.2) is 60.3 Å².